The number of fused-ring (bicyclic) bond motifs is 1. The molecule has 0 atom stereocenters. The molecule has 9 heteroatoms. The molecule has 3 aromatic rings. The molecular weight excluding hydrogens is 396 g/mol. The molecule has 3 heterocycles. The maximum atomic E-state index is 13.1. The molecule has 162 valence electrons. The number of aryl methyl sites for hydroxylation is 1. The summed E-state index contributed by atoms with van der Waals surface area (Å²) >= 11 is 0. The topological polar surface area (TPSA) is 119 Å². The molecule has 0 aliphatic carbocycles. The van der Waals surface area contributed by atoms with Crippen molar-refractivity contribution in [3.8, 4) is 17.0 Å². The zero-order valence-corrected chi connectivity index (χ0v) is 17.9. The van der Waals surface area contributed by atoms with Crippen LogP contribution in [0.5, 0.6) is 5.88 Å². The summed E-state index contributed by atoms with van der Waals surface area (Å²) in [6.07, 6.45) is 5.07. The van der Waals surface area contributed by atoms with Crippen LogP contribution in [0, 0.1) is 12.3 Å². The van der Waals surface area contributed by atoms with Crippen molar-refractivity contribution in [1.82, 2.24) is 19.7 Å². The van der Waals surface area contributed by atoms with Crippen LogP contribution in [-0.2, 0) is 6.54 Å². The molecule has 1 amide bonds. The summed E-state index contributed by atoms with van der Waals surface area (Å²) < 4.78 is 7.45. The minimum absolute atomic E-state index is 0.0855. The number of benzene rings is 1. The summed E-state index contributed by atoms with van der Waals surface area (Å²) in [5.41, 5.74) is 9.63. The Bertz CT molecular complexity index is 1120. The van der Waals surface area contributed by atoms with Crippen LogP contribution in [0.25, 0.3) is 11.1 Å². The quantitative estimate of drug-likeness (QED) is 0.647. The van der Waals surface area contributed by atoms with Gasteiger partial charge in [0.05, 0.1) is 12.7 Å². The van der Waals surface area contributed by atoms with E-state index in [1.54, 1.807) is 4.90 Å². The van der Waals surface area contributed by atoms with E-state index in [-0.39, 0.29) is 35.2 Å². The van der Waals surface area contributed by atoms with Gasteiger partial charge < -0.3 is 20.5 Å². The fourth-order valence-corrected chi connectivity index (χ4v) is 3.63. The summed E-state index contributed by atoms with van der Waals surface area (Å²) in [5, 5.41) is 13.9. The highest BCUT2D eigenvalue weighted by Gasteiger charge is 2.29. The Hall–Kier alpha value is -3.46. The lowest BCUT2D eigenvalue weighted by atomic mass is 9.95. The highest BCUT2D eigenvalue weighted by Crippen LogP contribution is 2.31. The predicted molar refractivity (Wildman–Crippen MR) is 117 cm³/mol. The van der Waals surface area contributed by atoms with E-state index >= 15 is 0 Å². The minimum Gasteiger partial charge on any atom is -0.475 e. The second-order valence-corrected chi connectivity index (χ2v) is 8.49. The first-order valence-corrected chi connectivity index (χ1v) is 10.1. The van der Waals surface area contributed by atoms with E-state index in [4.69, 9.17) is 10.5 Å². The molecule has 1 aliphatic heterocycles. The van der Waals surface area contributed by atoms with Crippen molar-refractivity contribution in [2.24, 2.45) is 5.41 Å². The lowest BCUT2D eigenvalue weighted by Crippen LogP contribution is -2.32. The van der Waals surface area contributed by atoms with E-state index in [2.05, 4.69) is 15.1 Å². The number of nitrogen functional groups attached to an aromatic ring is 1. The molecule has 0 fully saturated rings. The first-order chi connectivity index (χ1) is 14.8. The van der Waals surface area contributed by atoms with E-state index in [1.807, 2.05) is 56.0 Å². The fraction of sp³-hybridized carbons (Fsp3) is 0.364. The van der Waals surface area contributed by atoms with Gasteiger partial charge in [0.1, 0.15) is 24.3 Å². The number of hydrogen-bond acceptors (Lipinski definition) is 7. The zero-order chi connectivity index (χ0) is 22.2. The lowest BCUT2D eigenvalue weighted by molar-refractivity contribution is 0.0990. The number of aromatic nitrogens is 4. The normalized spacial score (nSPS) is 14.2. The maximum absolute atomic E-state index is 13.1. The van der Waals surface area contributed by atoms with E-state index in [9.17, 15) is 9.90 Å². The number of amides is 1. The van der Waals surface area contributed by atoms with Gasteiger partial charge in [-0.05, 0) is 30.2 Å². The highest BCUT2D eigenvalue weighted by molar-refractivity contribution is 6.10. The third kappa shape index (κ3) is 4.09. The van der Waals surface area contributed by atoms with Crippen molar-refractivity contribution in [1.29, 1.82) is 0 Å². The molecule has 4 rings (SSSR count). The number of ether oxygens (including phenoxy) is 1. The third-order valence-corrected chi connectivity index (χ3v) is 5.34. The molecule has 9 nitrogen and oxygen atoms in total. The summed E-state index contributed by atoms with van der Waals surface area (Å²) in [6, 6.07) is 5.85. The summed E-state index contributed by atoms with van der Waals surface area (Å²) in [7, 11) is 0. The largest absolute Gasteiger partial charge is 0.475 e. The van der Waals surface area contributed by atoms with Gasteiger partial charge in [0.25, 0.3) is 5.91 Å². The number of anilines is 2. The summed E-state index contributed by atoms with van der Waals surface area (Å²) in [4.78, 5) is 22.7. The van der Waals surface area contributed by atoms with E-state index < -0.39 is 0 Å². The number of nitrogens with zero attached hydrogens (tertiary/aromatic N) is 5. The van der Waals surface area contributed by atoms with Gasteiger partial charge in [0.15, 0.2) is 0 Å². The van der Waals surface area contributed by atoms with Crippen molar-refractivity contribution >= 4 is 17.4 Å². The lowest BCUT2D eigenvalue weighted by Gasteiger charge is -2.21. The first kappa shape index (κ1) is 20.8. The Kier molecular flexibility index (Phi) is 5.36. The van der Waals surface area contributed by atoms with Gasteiger partial charge in [0, 0.05) is 36.0 Å². The Labute approximate surface area is 180 Å². The summed E-state index contributed by atoms with van der Waals surface area (Å²) in [6.45, 7) is 7.37. The van der Waals surface area contributed by atoms with Crippen molar-refractivity contribution in [2.45, 2.75) is 27.3 Å². The Morgan fingerprint density at radius 2 is 2.10 bits per heavy atom. The van der Waals surface area contributed by atoms with Crippen molar-refractivity contribution in [3.05, 3.63) is 48.0 Å². The average Bonchev–Trinajstić information content (AvgIpc) is 3.10. The van der Waals surface area contributed by atoms with Crippen LogP contribution in [0.3, 0.4) is 0 Å². The van der Waals surface area contributed by atoms with Gasteiger partial charge in [-0.25, -0.2) is 9.97 Å². The fourth-order valence-electron chi connectivity index (χ4n) is 3.63. The first-order valence-electron chi connectivity index (χ1n) is 10.1. The second kappa shape index (κ2) is 7.99. The van der Waals surface area contributed by atoms with Crippen LogP contribution in [-0.4, -0.2) is 50.5 Å². The molecule has 2 aromatic heterocycles. The van der Waals surface area contributed by atoms with E-state index in [1.165, 1.54) is 6.33 Å². The molecule has 0 radical (unpaired) electrons. The van der Waals surface area contributed by atoms with Crippen molar-refractivity contribution in [3.63, 3.8) is 0 Å². The van der Waals surface area contributed by atoms with Crippen molar-refractivity contribution in [2.75, 3.05) is 30.4 Å². The number of nitrogens with two attached hydrogens (primary N) is 1. The molecule has 31 heavy (non-hydrogen) atoms. The number of aliphatic hydroxyl groups excluding tert-OH is 1. The SMILES string of the molecule is Cc1cc(N2CCOc3ncnc(N)c3C2=O)ccc1-c1cnn(CC(C)(C)CO)c1. The highest BCUT2D eigenvalue weighted by atomic mass is 16.5. The minimum atomic E-state index is -0.281. The molecule has 1 aromatic carbocycles. The average molecular weight is 422 g/mol. The van der Waals surface area contributed by atoms with Crippen LogP contribution >= 0.6 is 0 Å². The Morgan fingerprint density at radius 1 is 1.29 bits per heavy atom. The molecule has 0 saturated heterocycles. The summed E-state index contributed by atoms with van der Waals surface area (Å²) in [5.74, 6) is 0.0387. The smallest absolute Gasteiger partial charge is 0.267 e. The van der Waals surface area contributed by atoms with Gasteiger partial charge in [0.2, 0.25) is 5.88 Å². The Morgan fingerprint density at radius 3 is 2.84 bits per heavy atom. The maximum Gasteiger partial charge on any atom is 0.267 e. The second-order valence-electron chi connectivity index (χ2n) is 8.49. The Balaban J connectivity index is 1.62. The van der Waals surface area contributed by atoms with Crippen LogP contribution in [0.2, 0.25) is 0 Å². The molecule has 0 bridgehead atoms. The molecule has 3 N–H and O–H groups in total. The molecule has 0 spiro atoms. The van der Waals surface area contributed by atoms with Gasteiger partial charge in [-0.2, -0.15) is 5.10 Å². The monoisotopic (exact) mass is 422 g/mol. The standard InChI is InChI=1S/C22H26N6O3/c1-14-8-16(28-6-7-31-20-18(21(28)30)19(23)24-13-25-20)4-5-17(14)15-9-26-27(10-15)11-22(2,3)12-29/h4-5,8-10,13,29H,6-7,11-12H2,1-3H3,(H2,23,24,25). The number of carbonyl (C=O) groups is 1. The van der Waals surface area contributed by atoms with Crippen LogP contribution in [0.1, 0.15) is 29.8 Å². The van der Waals surface area contributed by atoms with Gasteiger partial charge in [-0.15, -0.1) is 0 Å². The third-order valence-electron chi connectivity index (χ3n) is 5.34. The zero-order valence-electron chi connectivity index (χ0n) is 17.9. The van der Waals surface area contributed by atoms with Gasteiger partial charge >= 0.3 is 0 Å². The van der Waals surface area contributed by atoms with Crippen LogP contribution in [0.15, 0.2) is 36.9 Å². The van der Waals surface area contributed by atoms with E-state index in [0.29, 0.717) is 19.7 Å². The number of hydrogen-bond donors (Lipinski definition) is 2. The number of aliphatic hydroxyl groups is 1. The molecule has 0 unspecified atom stereocenters. The van der Waals surface area contributed by atoms with Gasteiger partial charge in [-0.1, -0.05) is 19.9 Å². The molecular formula is C22H26N6O3. The van der Waals surface area contributed by atoms with Crippen LogP contribution in [0.4, 0.5) is 11.5 Å². The van der Waals surface area contributed by atoms with Crippen LogP contribution < -0.4 is 15.4 Å². The van der Waals surface area contributed by atoms with Crippen molar-refractivity contribution < 1.29 is 14.6 Å². The van der Waals surface area contributed by atoms with Gasteiger partial charge in [-0.3, -0.25) is 9.48 Å². The number of rotatable bonds is 5. The van der Waals surface area contributed by atoms with E-state index in [0.717, 1.165) is 22.4 Å². The number of carbonyl (C=O) groups excluding carboxylic acids is 1. The molecule has 0 saturated carbocycles. The molecule has 1 aliphatic rings. The predicted octanol–water partition coefficient (Wildman–Crippen LogP) is 2.29.